The van der Waals surface area contributed by atoms with Gasteiger partial charge in [0.15, 0.2) is 0 Å². The SMILES string of the molecule is O=CC(CC(=O)O)NC(=O)CN1C(=O)C(NC(=O)CCc2ccccc2)CN(C(=O)CCc2ccccc2)c2ccccc21. The van der Waals surface area contributed by atoms with Crippen LogP contribution in [0.2, 0.25) is 0 Å². The zero-order chi connectivity index (χ0) is 31.5. The number of rotatable bonds is 13. The van der Waals surface area contributed by atoms with Crippen LogP contribution in [0.15, 0.2) is 84.9 Å². The molecule has 0 radical (unpaired) electrons. The van der Waals surface area contributed by atoms with Crippen LogP contribution in [0.5, 0.6) is 0 Å². The van der Waals surface area contributed by atoms with Crippen molar-refractivity contribution in [1.29, 1.82) is 0 Å². The zero-order valence-corrected chi connectivity index (χ0v) is 24.1. The van der Waals surface area contributed by atoms with Gasteiger partial charge in [0.05, 0.1) is 30.4 Å². The normalized spacial score (nSPS) is 15.0. The first-order chi connectivity index (χ1) is 21.2. The van der Waals surface area contributed by atoms with Gasteiger partial charge in [-0.1, -0.05) is 72.8 Å². The molecule has 3 aromatic carbocycles. The summed E-state index contributed by atoms with van der Waals surface area (Å²) in [5.41, 5.74) is 2.56. The number of carbonyl (C=O) groups is 6. The Morgan fingerprint density at radius 3 is 1.98 bits per heavy atom. The molecule has 0 spiro atoms. The van der Waals surface area contributed by atoms with Crippen LogP contribution in [0.3, 0.4) is 0 Å². The molecule has 3 aromatic rings. The first-order valence-electron chi connectivity index (χ1n) is 14.3. The highest BCUT2D eigenvalue weighted by Gasteiger charge is 2.37. The third-order valence-electron chi connectivity index (χ3n) is 7.19. The van der Waals surface area contributed by atoms with Crippen LogP contribution in [-0.2, 0) is 41.6 Å². The fourth-order valence-corrected chi connectivity index (χ4v) is 5.01. The van der Waals surface area contributed by atoms with Crippen LogP contribution in [0.4, 0.5) is 11.4 Å². The van der Waals surface area contributed by atoms with Gasteiger partial charge in [-0.05, 0) is 36.1 Å². The van der Waals surface area contributed by atoms with Crippen molar-refractivity contribution in [2.75, 3.05) is 22.9 Å². The predicted molar refractivity (Wildman–Crippen MR) is 163 cm³/mol. The number of aryl methyl sites for hydroxylation is 2. The molecule has 2 atom stereocenters. The van der Waals surface area contributed by atoms with Gasteiger partial charge in [-0.2, -0.15) is 0 Å². The summed E-state index contributed by atoms with van der Waals surface area (Å²) in [4.78, 5) is 78.7. The third-order valence-corrected chi connectivity index (χ3v) is 7.19. The van der Waals surface area contributed by atoms with Crippen LogP contribution in [0.25, 0.3) is 0 Å². The standard InChI is InChI=1S/C33H34N4O7/c38-22-25(19-32(42)43)34-30(40)21-37-28-14-8-7-13-27(28)36(31(41)18-16-24-11-5-2-6-12-24)20-26(33(37)44)35-29(39)17-15-23-9-3-1-4-10-23/h1-14,22,25-26H,15-21H2,(H,34,40)(H,35,39)(H,42,43). The molecular formula is C33H34N4O7. The minimum absolute atomic E-state index is 0.0966. The van der Waals surface area contributed by atoms with Crippen LogP contribution in [-0.4, -0.2) is 66.2 Å². The van der Waals surface area contributed by atoms with Gasteiger partial charge >= 0.3 is 5.97 Å². The van der Waals surface area contributed by atoms with E-state index in [1.807, 2.05) is 60.7 Å². The lowest BCUT2D eigenvalue weighted by Gasteiger charge is -2.25. The number of hydrogen-bond donors (Lipinski definition) is 3. The number of benzene rings is 3. The lowest BCUT2D eigenvalue weighted by molar-refractivity contribution is -0.139. The van der Waals surface area contributed by atoms with E-state index in [2.05, 4.69) is 10.6 Å². The van der Waals surface area contributed by atoms with E-state index in [1.54, 1.807) is 24.3 Å². The Hall–Kier alpha value is -5.32. The van der Waals surface area contributed by atoms with Crippen molar-refractivity contribution in [3.63, 3.8) is 0 Å². The third kappa shape index (κ3) is 8.60. The molecule has 1 aliphatic rings. The summed E-state index contributed by atoms with van der Waals surface area (Å²) in [6, 6.07) is 23.0. The number of hydrogen-bond acceptors (Lipinski definition) is 6. The molecule has 2 unspecified atom stereocenters. The molecule has 4 amide bonds. The molecule has 11 nitrogen and oxygen atoms in total. The van der Waals surface area contributed by atoms with Crippen molar-refractivity contribution in [1.82, 2.24) is 10.6 Å². The Balaban J connectivity index is 1.60. The molecular weight excluding hydrogens is 564 g/mol. The maximum atomic E-state index is 14.0. The Bertz CT molecular complexity index is 1500. The number of aliphatic carboxylic acids is 1. The molecule has 1 heterocycles. The zero-order valence-electron chi connectivity index (χ0n) is 24.1. The number of amides is 4. The van der Waals surface area contributed by atoms with Crippen molar-refractivity contribution in [3.8, 4) is 0 Å². The van der Waals surface area contributed by atoms with Gasteiger partial charge < -0.3 is 25.4 Å². The second-order valence-electron chi connectivity index (χ2n) is 10.4. The Morgan fingerprint density at radius 1 is 0.818 bits per heavy atom. The van der Waals surface area contributed by atoms with E-state index < -0.39 is 48.7 Å². The summed E-state index contributed by atoms with van der Waals surface area (Å²) >= 11 is 0. The Labute approximate surface area is 254 Å². The van der Waals surface area contributed by atoms with E-state index in [-0.39, 0.29) is 31.0 Å². The van der Waals surface area contributed by atoms with Gasteiger partial charge in [0.25, 0.3) is 5.91 Å². The van der Waals surface area contributed by atoms with Gasteiger partial charge in [-0.15, -0.1) is 0 Å². The van der Waals surface area contributed by atoms with Crippen LogP contribution < -0.4 is 20.4 Å². The molecule has 0 aromatic heterocycles. The summed E-state index contributed by atoms with van der Waals surface area (Å²) in [6.45, 7) is -0.725. The number of nitrogens with zero attached hydrogens (tertiary/aromatic N) is 2. The number of carboxylic acids is 1. The summed E-state index contributed by atoms with van der Waals surface area (Å²) in [6.07, 6.45) is 0.827. The van der Waals surface area contributed by atoms with E-state index in [9.17, 15) is 28.8 Å². The van der Waals surface area contributed by atoms with E-state index in [0.29, 0.717) is 24.8 Å². The topological polar surface area (TPSA) is 153 Å². The van der Waals surface area contributed by atoms with Gasteiger partial charge in [0.1, 0.15) is 18.9 Å². The lowest BCUT2D eigenvalue weighted by atomic mass is 10.1. The first kappa shape index (κ1) is 31.6. The van der Waals surface area contributed by atoms with Crippen molar-refractivity contribution in [3.05, 3.63) is 96.1 Å². The highest BCUT2D eigenvalue weighted by atomic mass is 16.4. The number of para-hydroxylation sites is 2. The molecule has 0 saturated carbocycles. The highest BCUT2D eigenvalue weighted by molar-refractivity contribution is 6.10. The van der Waals surface area contributed by atoms with E-state index >= 15 is 0 Å². The molecule has 0 saturated heterocycles. The van der Waals surface area contributed by atoms with E-state index in [4.69, 9.17) is 5.11 Å². The fourth-order valence-electron chi connectivity index (χ4n) is 5.01. The van der Waals surface area contributed by atoms with Gasteiger partial charge in [0.2, 0.25) is 17.7 Å². The molecule has 3 N–H and O–H groups in total. The number of carbonyl (C=O) groups excluding carboxylic acids is 5. The molecule has 0 fully saturated rings. The quantitative estimate of drug-likeness (QED) is 0.255. The molecule has 0 aliphatic carbocycles. The molecule has 11 heteroatoms. The number of aldehydes is 1. The van der Waals surface area contributed by atoms with E-state index in [0.717, 1.165) is 16.0 Å². The number of nitrogens with one attached hydrogen (secondary N) is 2. The summed E-state index contributed by atoms with van der Waals surface area (Å²) in [7, 11) is 0. The van der Waals surface area contributed by atoms with Crippen molar-refractivity contribution >= 4 is 47.3 Å². The molecule has 0 bridgehead atoms. The summed E-state index contributed by atoms with van der Waals surface area (Å²) < 4.78 is 0. The fraction of sp³-hybridized carbons (Fsp3) is 0.273. The second-order valence-corrected chi connectivity index (χ2v) is 10.4. The van der Waals surface area contributed by atoms with Crippen molar-refractivity contribution < 1.29 is 33.9 Å². The average molecular weight is 599 g/mol. The van der Waals surface area contributed by atoms with Crippen LogP contribution in [0, 0.1) is 0 Å². The van der Waals surface area contributed by atoms with Crippen LogP contribution in [0.1, 0.15) is 30.4 Å². The number of anilines is 2. The Morgan fingerprint density at radius 2 is 1.39 bits per heavy atom. The maximum Gasteiger partial charge on any atom is 0.305 e. The average Bonchev–Trinajstić information content (AvgIpc) is 3.14. The maximum absolute atomic E-state index is 14.0. The highest BCUT2D eigenvalue weighted by Crippen LogP contribution is 2.33. The second kappa shape index (κ2) is 15.2. The number of carboxylic acid groups (broad SMARTS) is 1. The monoisotopic (exact) mass is 598 g/mol. The smallest absolute Gasteiger partial charge is 0.305 e. The van der Waals surface area contributed by atoms with Crippen molar-refractivity contribution in [2.45, 2.75) is 44.2 Å². The van der Waals surface area contributed by atoms with Gasteiger partial charge in [-0.25, -0.2) is 0 Å². The summed E-state index contributed by atoms with van der Waals surface area (Å²) in [5, 5.41) is 14.1. The van der Waals surface area contributed by atoms with E-state index in [1.165, 1.54) is 4.90 Å². The predicted octanol–water partition coefficient (Wildman–Crippen LogP) is 2.28. The number of fused-ring (bicyclic) bond motifs is 1. The van der Waals surface area contributed by atoms with Crippen molar-refractivity contribution in [2.24, 2.45) is 0 Å². The largest absolute Gasteiger partial charge is 0.481 e. The first-order valence-corrected chi connectivity index (χ1v) is 14.3. The van der Waals surface area contributed by atoms with Gasteiger partial charge in [-0.3, -0.25) is 28.9 Å². The summed E-state index contributed by atoms with van der Waals surface area (Å²) in [5.74, 6) is -3.35. The molecule has 1 aliphatic heterocycles. The minimum atomic E-state index is -1.29. The Kier molecular flexibility index (Phi) is 10.9. The molecule has 228 valence electrons. The molecule has 4 rings (SSSR count). The molecule has 44 heavy (non-hydrogen) atoms. The minimum Gasteiger partial charge on any atom is -0.481 e. The lowest BCUT2D eigenvalue weighted by Crippen LogP contribution is -2.54. The van der Waals surface area contributed by atoms with Gasteiger partial charge in [0, 0.05) is 12.8 Å². The van der Waals surface area contributed by atoms with Crippen LogP contribution >= 0.6 is 0 Å².